The third kappa shape index (κ3) is 7.34. The van der Waals surface area contributed by atoms with Gasteiger partial charge in [-0.1, -0.05) is 34.6 Å². The van der Waals surface area contributed by atoms with Gasteiger partial charge in [0.2, 0.25) is 5.91 Å². The molecule has 0 saturated carbocycles. The van der Waals surface area contributed by atoms with Crippen LogP contribution in [-0.2, 0) is 4.79 Å². The van der Waals surface area contributed by atoms with Crippen LogP contribution in [0.3, 0.4) is 0 Å². The molecule has 1 rings (SSSR count). The molecule has 1 aliphatic rings. The molecule has 21 heavy (non-hydrogen) atoms. The SMILES string of the molecule is CC(C)CC(=O)NC1CCN(C(=O)NCC(C)(C)C)CC1. The Morgan fingerprint density at radius 3 is 2.24 bits per heavy atom. The second-order valence-electron chi connectivity index (χ2n) is 7.65. The Kier molecular flexibility index (Phi) is 6.49. The Labute approximate surface area is 128 Å². The lowest BCUT2D eigenvalue weighted by Gasteiger charge is -2.33. The largest absolute Gasteiger partial charge is 0.353 e. The highest BCUT2D eigenvalue weighted by atomic mass is 16.2. The number of urea groups is 1. The predicted molar refractivity (Wildman–Crippen MR) is 85.0 cm³/mol. The number of amides is 3. The number of nitrogens with one attached hydrogen (secondary N) is 2. The van der Waals surface area contributed by atoms with E-state index in [1.165, 1.54) is 0 Å². The molecule has 0 aromatic heterocycles. The number of carbonyl (C=O) groups is 2. The standard InChI is InChI=1S/C16H31N3O2/c1-12(2)10-14(20)18-13-6-8-19(9-7-13)15(21)17-11-16(3,4)5/h12-13H,6-11H2,1-5H3,(H,17,21)(H,18,20). The predicted octanol–water partition coefficient (Wildman–Crippen LogP) is 2.37. The first-order chi connectivity index (χ1) is 9.67. The quantitative estimate of drug-likeness (QED) is 0.837. The fraction of sp³-hybridized carbons (Fsp3) is 0.875. The van der Waals surface area contributed by atoms with Gasteiger partial charge in [0.15, 0.2) is 0 Å². The normalized spacial score (nSPS) is 17.0. The molecule has 0 aromatic rings. The molecule has 0 aromatic carbocycles. The van der Waals surface area contributed by atoms with Gasteiger partial charge in [-0.15, -0.1) is 0 Å². The number of piperidine rings is 1. The van der Waals surface area contributed by atoms with Crippen LogP contribution in [0.1, 0.15) is 53.9 Å². The molecule has 0 atom stereocenters. The van der Waals surface area contributed by atoms with E-state index in [4.69, 9.17) is 0 Å². The van der Waals surface area contributed by atoms with Crippen molar-refractivity contribution in [3.63, 3.8) is 0 Å². The lowest BCUT2D eigenvalue weighted by molar-refractivity contribution is -0.122. The van der Waals surface area contributed by atoms with Crippen LogP contribution in [0.25, 0.3) is 0 Å². The molecule has 5 heteroatoms. The molecule has 1 saturated heterocycles. The van der Waals surface area contributed by atoms with Crippen LogP contribution in [0.2, 0.25) is 0 Å². The Morgan fingerprint density at radius 1 is 1.19 bits per heavy atom. The number of hydrogen-bond donors (Lipinski definition) is 2. The van der Waals surface area contributed by atoms with Gasteiger partial charge in [-0.2, -0.15) is 0 Å². The van der Waals surface area contributed by atoms with E-state index in [1.54, 1.807) is 0 Å². The summed E-state index contributed by atoms with van der Waals surface area (Å²) in [5.41, 5.74) is 0.0960. The molecule has 0 radical (unpaired) electrons. The first-order valence-electron chi connectivity index (χ1n) is 7.99. The Morgan fingerprint density at radius 2 is 1.76 bits per heavy atom. The van der Waals surface area contributed by atoms with Crippen LogP contribution >= 0.6 is 0 Å². The Balaban J connectivity index is 2.28. The zero-order valence-electron chi connectivity index (χ0n) is 14.2. The van der Waals surface area contributed by atoms with Crippen molar-refractivity contribution >= 4 is 11.9 Å². The van der Waals surface area contributed by atoms with Crippen molar-refractivity contribution in [2.24, 2.45) is 11.3 Å². The third-order valence-electron chi connectivity index (χ3n) is 3.51. The fourth-order valence-electron chi connectivity index (χ4n) is 2.34. The van der Waals surface area contributed by atoms with E-state index in [2.05, 4.69) is 31.4 Å². The van der Waals surface area contributed by atoms with Crippen LogP contribution in [0.15, 0.2) is 0 Å². The van der Waals surface area contributed by atoms with Crippen molar-refractivity contribution in [2.45, 2.75) is 59.9 Å². The number of nitrogens with zero attached hydrogens (tertiary/aromatic N) is 1. The second kappa shape index (κ2) is 7.66. The monoisotopic (exact) mass is 297 g/mol. The highest BCUT2D eigenvalue weighted by Gasteiger charge is 2.24. The molecule has 0 aliphatic carbocycles. The lowest BCUT2D eigenvalue weighted by atomic mass is 9.97. The summed E-state index contributed by atoms with van der Waals surface area (Å²) in [6, 6.07) is 0.222. The fourth-order valence-corrected chi connectivity index (χ4v) is 2.34. The first-order valence-corrected chi connectivity index (χ1v) is 7.99. The zero-order valence-corrected chi connectivity index (χ0v) is 14.2. The smallest absolute Gasteiger partial charge is 0.317 e. The van der Waals surface area contributed by atoms with Gasteiger partial charge in [0.1, 0.15) is 0 Å². The maximum absolute atomic E-state index is 12.0. The van der Waals surface area contributed by atoms with E-state index in [9.17, 15) is 9.59 Å². The summed E-state index contributed by atoms with van der Waals surface area (Å²) >= 11 is 0. The molecule has 3 amide bonds. The highest BCUT2D eigenvalue weighted by molar-refractivity contribution is 5.76. The van der Waals surface area contributed by atoms with E-state index in [0.29, 0.717) is 32.0 Å². The van der Waals surface area contributed by atoms with Crippen molar-refractivity contribution in [2.75, 3.05) is 19.6 Å². The van der Waals surface area contributed by atoms with Gasteiger partial charge in [-0.3, -0.25) is 4.79 Å². The summed E-state index contributed by atoms with van der Waals surface area (Å²) in [6.45, 7) is 12.5. The summed E-state index contributed by atoms with van der Waals surface area (Å²) in [4.78, 5) is 25.6. The van der Waals surface area contributed by atoms with Crippen molar-refractivity contribution in [3.8, 4) is 0 Å². The molecule has 0 bridgehead atoms. The molecule has 1 fully saturated rings. The molecule has 0 spiro atoms. The molecular formula is C16H31N3O2. The minimum Gasteiger partial charge on any atom is -0.353 e. The van der Waals surface area contributed by atoms with E-state index < -0.39 is 0 Å². The van der Waals surface area contributed by atoms with Gasteiger partial charge in [0.25, 0.3) is 0 Å². The summed E-state index contributed by atoms with van der Waals surface area (Å²) < 4.78 is 0. The third-order valence-corrected chi connectivity index (χ3v) is 3.51. The maximum Gasteiger partial charge on any atom is 0.317 e. The van der Waals surface area contributed by atoms with Gasteiger partial charge in [-0.25, -0.2) is 4.79 Å². The first kappa shape index (κ1) is 17.8. The molecule has 1 aliphatic heterocycles. The topological polar surface area (TPSA) is 61.4 Å². The molecule has 5 nitrogen and oxygen atoms in total. The zero-order chi connectivity index (χ0) is 16.0. The van der Waals surface area contributed by atoms with E-state index >= 15 is 0 Å². The van der Waals surface area contributed by atoms with Crippen molar-refractivity contribution in [1.82, 2.24) is 15.5 Å². The minimum absolute atomic E-state index is 0.0110. The highest BCUT2D eigenvalue weighted by Crippen LogP contribution is 2.13. The summed E-state index contributed by atoms with van der Waals surface area (Å²) in [6.07, 6.45) is 2.26. The molecule has 2 N–H and O–H groups in total. The molecule has 1 heterocycles. The molecule has 122 valence electrons. The van der Waals surface area contributed by atoms with Gasteiger partial charge >= 0.3 is 6.03 Å². The minimum atomic E-state index is 0.0110. The van der Waals surface area contributed by atoms with Gasteiger partial charge < -0.3 is 15.5 Å². The average molecular weight is 297 g/mol. The van der Waals surface area contributed by atoms with E-state index in [1.807, 2.05) is 18.7 Å². The number of carbonyl (C=O) groups excluding carboxylic acids is 2. The van der Waals surface area contributed by atoms with Crippen LogP contribution in [0, 0.1) is 11.3 Å². The molecule has 0 unspecified atom stereocenters. The van der Waals surface area contributed by atoms with Crippen molar-refractivity contribution < 1.29 is 9.59 Å². The van der Waals surface area contributed by atoms with E-state index in [-0.39, 0.29) is 23.4 Å². The summed E-state index contributed by atoms with van der Waals surface area (Å²) in [5, 5.41) is 6.04. The maximum atomic E-state index is 12.0. The average Bonchev–Trinajstić information content (AvgIpc) is 2.35. The molecular weight excluding hydrogens is 266 g/mol. The Bertz CT molecular complexity index is 353. The summed E-state index contributed by atoms with van der Waals surface area (Å²) in [5.74, 6) is 0.508. The van der Waals surface area contributed by atoms with Crippen LogP contribution in [0.4, 0.5) is 4.79 Å². The van der Waals surface area contributed by atoms with Crippen LogP contribution < -0.4 is 10.6 Å². The number of rotatable bonds is 4. The number of hydrogen-bond acceptors (Lipinski definition) is 2. The van der Waals surface area contributed by atoms with Crippen molar-refractivity contribution in [1.29, 1.82) is 0 Å². The van der Waals surface area contributed by atoms with Gasteiger partial charge in [0.05, 0.1) is 0 Å². The van der Waals surface area contributed by atoms with Gasteiger partial charge in [0, 0.05) is 32.1 Å². The lowest BCUT2D eigenvalue weighted by Crippen LogP contribution is -2.50. The van der Waals surface area contributed by atoms with E-state index in [0.717, 1.165) is 12.8 Å². The summed E-state index contributed by atoms with van der Waals surface area (Å²) in [7, 11) is 0. The van der Waals surface area contributed by atoms with Crippen molar-refractivity contribution in [3.05, 3.63) is 0 Å². The van der Waals surface area contributed by atoms with Crippen LogP contribution in [-0.4, -0.2) is 42.5 Å². The Hall–Kier alpha value is -1.26. The number of likely N-dealkylation sites (tertiary alicyclic amines) is 1. The van der Waals surface area contributed by atoms with Crippen LogP contribution in [0.5, 0.6) is 0 Å². The van der Waals surface area contributed by atoms with Gasteiger partial charge in [-0.05, 0) is 24.2 Å². The second-order valence-corrected chi connectivity index (χ2v) is 7.65.